The van der Waals surface area contributed by atoms with Gasteiger partial charge in [0.2, 0.25) is 0 Å². The van der Waals surface area contributed by atoms with Gasteiger partial charge in [0.15, 0.2) is 0 Å². The molecular formula is C10H18N2O2. The normalized spacial score (nSPS) is 27.9. The van der Waals surface area contributed by atoms with Crippen LogP contribution in [0.1, 0.15) is 32.1 Å². The Hall–Kier alpha value is -0.770. The molecule has 1 atom stereocenters. The van der Waals surface area contributed by atoms with Gasteiger partial charge in [-0.15, -0.1) is 0 Å². The van der Waals surface area contributed by atoms with E-state index in [0.29, 0.717) is 12.6 Å². The molecule has 2 aliphatic rings. The summed E-state index contributed by atoms with van der Waals surface area (Å²) < 4.78 is 5.19. The Morgan fingerprint density at radius 2 is 1.79 bits per heavy atom. The third-order valence-corrected chi connectivity index (χ3v) is 2.96. The lowest BCUT2D eigenvalue weighted by molar-refractivity contribution is 0.188. The van der Waals surface area contributed by atoms with Crippen LogP contribution in [-0.4, -0.2) is 31.3 Å². The summed E-state index contributed by atoms with van der Waals surface area (Å²) in [6.45, 7) is 1.44. The number of urea groups is 1. The summed E-state index contributed by atoms with van der Waals surface area (Å²) in [5.41, 5.74) is 0. The van der Waals surface area contributed by atoms with E-state index in [1.807, 2.05) is 0 Å². The molecule has 1 heterocycles. The third-order valence-electron chi connectivity index (χ3n) is 2.96. The number of rotatable bonds is 2. The molecule has 14 heavy (non-hydrogen) atoms. The standard InChI is InChI=1S/C10H18N2O2/c13-10(11-8-3-1-2-4-8)12-9-5-6-14-7-9/h8-9H,1-7H2,(H2,11,12,13). The lowest BCUT2D eigenvalue weighted by Gasteiger charge is -2.15. The highest BCUT2D eigenvalue weighted by Gasteiger charge is 2.21. The van der Waals surface area contributed by atoms with Crippen LogP contribution in [0.2, 0.25) is 0 Å². The number of nitrogens with one attached hydrogen (secondary N) is 2. The van der Waals surface area contributed by atoms with Crippen molar-refractivity contribution in [2.45, 2.75) is 44.2 Å². The Morgan fingerprint density at radius 1 is 1.07 bits per heavy atom. The van der Waals surface area contributed by atoms with Crippen molar-refractivity contribution < 1.29 is 9.53 Å². The van der Waals surface area contributed by atoms with Crippen LogP contribution in [0.15, 0.2) is 0 Å². The number of carbonyl (C=O) groups is 1. The minimum Gasteiger partial charge on any atom is -0.379 e. The van der Waals surface area contributed by atoms with Crippen molar-refractivity contribution in [3.8, 4) is 0 Å². The lowest BCUT2D eigenvalue weighted by Crippen LogP contribution is -2.45. The molecule has 1 saturated heterocycles. The van der Waals surface area contributed by atoms with Crippen LogP contribution in [0.25, 0.3) is 0 Å². The van der Waals surface area contributed by atoms with E-state index in [1.54, 1.807) is 0 Å². The summed E-state index contributed by atoms with van der Waals surface area (Å²) in [6, 6.07) is 0.598. The highest BCUT2D eigenvalue weighted by molar-refractivity contribution is 5.74. The first-order valence-electron chi connectivity index (χ1n) is 5.49. The highest BCUT2D eigenvalue weighted by Crippen LogP contribution is 2.17. The first kappa shape index (κ1) is 9.77. The minimum absolute atomic E-state index is 0.0209. The highest BCUT2D eigenvalue weighted by atomic mass is 16.5. The monoisotopic (exact) mass is 198 g/mol. The van der Waals surface area contributed by atoms with Gasteiger partial charge in [-0.3, -0.25) is 0 Å². The first-order chi connectivity index (χ1) is 6.84. The van der Waals surface area contributed by atoms with Gasteiger partial charge < -0.3 is 15.4 Å². The summed E-state index contributed by atoms with van der Waals surface area (Å²) in [4.78, 5) is 11.5. The number of ether oxygens (including phenoxy) is 1. The first-order valence-corrected chi connectivity index (χ1v) is 5.49. The fraction of sp³-hybridized carbons (Fsp3) is 0.900. The molecule has 1 aliphatic carbocycles. The average Bonchev–Trinajstić information content (AvgIpc) is 2.76. The van der Waals surface area contributed by atoms with Crippen molar-refractivity contribution in [3.63, 3.8) is 0 Å². The Labute approximate surface area is 84.4 Å². The second kappa shape index (κ2) is 4.64. The summed E-state index contributed by atoms with van der Waals surface area (Å²) in [5.74, 6) is 0. The number of hydrogen-bond donors (Lipinski definition) is 2. The molecule has 2 rings (SSSR count). The molecule has 0 radical (unpaired) electrons. The van der Waals surface area contributed by atoms with E-state index in [2.05, 4.69) is 10.6 Å². The zero-order valence-corrected chi connectivity index (χ0v) is 8.42. The van der Waals surface area contributed by atoms with Crippen LogP contribution in [-0.2, 0) is 4.74 Å². The van der Waals surface area contributed by atoms with E-state index in [-0.39, 0.29) is 12.1 Å². The number of carbonyl (C=O) groups excluding carboxylic acids is 1. The third kappa shape index (κ3) is 2.61. The van der Waals surface area contributed by atoms with E-state index in [4.69, 9.17) is 4.74 Å². The topological polar surface area (TPSA) is 50.4 Å². The van der Waals surface area contributed by atoms with Gasteiger partial charge >= 0.3 is 6.03 Å². The van der Waals surface area contributed by atoms with Crippen molar-refractivity contribution >= 4 is 6.03 Å². The van der Waals surface area contributed by atoms with Crippen LogP contribution in [0.4, 0.5) is 4.79 Å². The molecule has 1 aliphatic heterocycles. The second-order valence-corrected chi connectivity index (χ2v) is 4.16. The van der Waals surface area contributed by atoms with Gasteiger partial charge in [0.1, 0.15) is 0 Å². The minimum atomic E-state index is -0.0209. The molecule has 2 amide bonds. The lowest BCUT2D eigenvalue weighted by atomic mass is 10.2. The molecule has 1 saturated carbocycles. The van der Waals surface area contributed by atoms with Crippen molar-refractivity contribution in [3.05, 3.63) is 0 Å². The summed E-state index contributed by atoms with van der Waals surface area (Å²) in [5, 5.41) is 5.93. The Bertz CT molecular complexity index is 176. The molecule has 80 valence electrons. The summed E-state index contributed by atoms with van der Waals surface area (Å²) >= 11 is 0. The quantitative estimate of drug-likeness (QED) is 0.696. The van der Waals surface area contributed by atoms with Crippen molar-refractivity contribution in [2.75, 3.05) is 13.2 Å². The SMILES string of the molecule is O=C(NC1CCCC1)NC1CCOC1. The van der Waals surface area contributed by atoms with Gasteiger partial charge in [-0.1, -0.05) is 12.8 Å². The van der Waals surface area contributed by atoms with E-state index >= 15 is 0 Å². The van der Waals surface area contributed by atoms with Gasteiger partial charge in [-0.2, -0.15) is 0 Å². The molecule has 0 aromatic carbocycles. The van der Waals surface area contributed by atoms with Crippen LogP contribution < -0.4 is 10.6 Å². The van der Waals surface area contributed by atoms with Crippen LogP contribution >= 0.6 is 0 Å². The van der Waals surface area contributed by atoms with E-state index in [1.165, 1.54) is 12.8 Å². The summed E-state index contributed by atoms with van der Waals surface area (Å²) in [7, 11) is 0. The molecule has 1 unspecified atom stereocenters. The van der Waals surface area contributed by atoms with Gasteiger partial charge in [0, 0.05) is 12.6 Å². The van der Waals surface area contributed by atoms with Crippen LogP contribution in [0, 0.1) is 0 Å². The van der Waals surface area contributed by atoms with Crippen LogP contribution in [0.3, 0.4) is 0 Å². The van der Waals surface area contributed by atoms with Crippen molar-refractivity contribution in [1.29, 1.82) is 0 Å². The molecule has 2 fully saturated rings. The Kier molecular flexibility index (Phi) is 3.24. The number of hydrogen-bond acceptors (Lipinski definition) is 2. The van der Waals surface area contributed by atoms with E-state index < -0.39 is 0 Å². The molecule has 0 aromatic heterocycles. The second-order valence-electron chi connectivity index (χ2n) is 4.16. The molecule has 0 bridgehead atoms. The average molecular weight is 198 g/mol. The summed E-state index contributed by atoms with van der Waals surface area (Å²) in [6.07, 6.45) is 5.70. The van der Waals surface area contributed by atoms with Crippen molar-refractivity contribution in [1.82, 2.24) is 10.6 Å². The fourth-order valence-electron chi connectivity index (χ4n) is 2.13. The molecule has 0 aromatic rings. The molecule has 0 spiro atoms. The number of amides is 2. The molecule has 4 heteroatoms. The van der Waals surface area contributed by atoms with E-state index in [9.17, 15) is 4.79 Å². The zero-order chi connectivity index (χ0) is 9.80. The molecular weight excluding hydrogens is 180 g/mol. The van der Waals surface area contributed by atoms with Crippen LogP contribution in [0.5, 0.6) is 0 Å². The predicted molar refractivity (Wildman–Crippen MR) is 53.1 cm³/mol. The van der Waals surface area contributed by atoms with Gasteiger partial charge in [-0.05, 0) is 19.3 Å². The molecule has 2 N–H and O–H groups in total. The van der Waals surface area contributed by atoms with E-state index in [0.717, 1.165) is 25.9 Å². The molecule has 4 nitrogen and oxygen atoms in total. The van der Waals surface area contributed by atoms with Gasteiger partial charge in [-0.25, -0.2) is 4.79 Å². The predicted octanol–water partition coefficient (Wildman–Crippen LogP) is 1.02. The maximum absolute atomic E-state index is 11.5. The fourth-order valence-corrected chi connectivity index (χ4v) is 2.13. The Balaban J connectivity index is 1.66. The maximum Gasteiger partial charge on any atom is 0.315 e. The smallest absolute Gasteiger partial charge is 0.315 e. The van der Waals surface area contributed by atoms with Crippen molar-refractivity contribution in [2.24, 2.45) is 0 Å². The maximum atomic E-state index is 11.5. The largest absolute Gasteiger partial charge is 0.379 e. The van der Waals surface area contributed by atoms with Gasteiger partial charge in [0.25, 0.3) is 0 Å². The van der Waals surface area contributed by atoms with Gasteiger partial charge in [0.05, 0.1) is 12.6 Å². The zero-order valence-electron chi connectivity index (χ0n) is 8.42. The Morgan fingerprint density at radius 3 is 2.43 bits per heavy atom.